The molecule has 1 heterocycles. The first-order valence-corrected chi connectivity index (χ1v) is 7.93. The van der Waals surface area contributed by atoms with E-state index in [9.17, 15) is 0 Å². The fourth-order valence-electron chi connectivity index (χ4n) is 3.99. The van der Waals surface area contributed by atoms with E-state index >= 15 is 0 Å². The first kappa shape index (κ1) is 16.9. The van der Waals surface area contributed by atoms with E-state index in [1.165, 1.54) is 25.7 Å². The first-order chi connectivity index (χ1) is 8.77. The Labute approximate surface area is 119 Å². The van der Waals surface area contributed by atoms with E-state index in [0.717, 1.165) is 6.42 Å². The second kappa shape index (κ2) is 6.55. The number of nitrogens with two attached hydrogens (primary N) is 1. The highest BCUT2D eigenvalue weighted by molar-refractivity contribution is 5.00. The van der Waals surface area contributed by atoms with Crippen molar-refractivity contribution < 1.29 is 4.74 Å². The van der Waals surface area contributed by atoms with Crippen LogP contribution in [0.2, 0.25) is 0 Å². The van der Waals surface area contributed by atoms with Gasteiger partial charge in [-0.1, -0.05) is 26.7 Å². The highest BCUT2D eigenvalue weighted by Gasteiger charge is 2.50. The van der Waals surface area contributed by atoms with Gasteiger partial charge < -0.3 is 4.74 Å². The molecule has 2 unspecified atom stereocenters. The van der Waals surface area contributed by atoms with E-state index in [4.69, 9.17) is 10.6 Å². The average Bonchev–Trinajstić information content (AvgIpc) is 2.49. The maximum Gasteiger partial charge on any atom is 0.0678 e. The van der Waals surface area contributed by atoms with Gasteiger partial charge in [-0.05, 0) is 52.9 Å². The van der Waals surface area contributed by atoms with Crippen LogP contribution in [0.15, 0.2) is 0 Å². The number of nitrogens with one attached hydrogen (secondary N) is 1. The Bertz CT molecular complexity index is 270. The summed E-state index contributed by atoms with van der Waals surface area (Å²) in [5.74, 6) is 7.05. The van der Waals surface area contributed by atoms with E-state index in [-0.39, 0.29) is 11.2 Å². The SMILES string of the molecule is CCCC(CCC)C(NN)C1CC(C)(C)OC1(C)C. The maximum atomic E-state index is 6.24. The molecule has 0 saturated carbocycles. The van der Waals surface area contributed by atoms with E-state index in [0.29, 0.717) is 17.9 Å². The Hall–Kier alpha value is -0.120. The normalized spacial score (nSPS) is 26.8. The highest BCUT2D eigenvalue weighted by atomic mass is 16.5. The van der Waals surface area contributed by atoms with Crippen molar-refractivity contribution in [2.24, 2.45) is 17.7 Å². The molecule has 3 nitrogen and oxygen atoms in total. The summed E-state index contributed by atoms with van der Waals surface area (Å²) in [5.41, 5.74) is 2.99. The van der Waals surface area contributed by atoms with Gasteiger partial charge in [-0.15, -0.1) is 0 Å². The van der Waals surface area contributed by atoms with E-state index in [2.05, 4.69) is 47.0 Å². The summed E-state index contributed by atoms with van der Waals surface area (Å²) >= 11 is 0. The molecule has 1 fully saturated rings. The van der Waals surface area contributed by atoms with Crippen molar-refractivity contribution in [2.45, 2.75) is 90.9 Å². The predicted octanol–water partition coefficient (Wildman–Crippen LogP) is 3.63. The Morgan fingerprint density at radius 3 is 2.00 bits per heavy atom. The molecule has 3 N–H and O–H groups in total. The zero-order valence-corrected chi connectivity index (χ0v) is 13.8. The van der Waals surface area contributed by atoms with Gasteiger partial charge in [0.1, 0.15) is 0 Å². The quantitative estimate of drug-likeness (QED) is 0.548. The minimum absolute atomic E-state index is 0.0355. The standard InChI is InChI=1S/C16H34N2O/c1-7-9-12(10-8-2)14(18-17)13-11-15(3,4)19-16(13,5)6/h12-14,18H,7-11,17H2,1-6H3. The van der Waals surface area contributed by atoms with Crippen LogP contribution >= 0.6 is 0 Å². The van der Waals surface area contributed by atoms with E-state index < -0.39 is 0 Å². The summed E-state index contributed by atoms with van der Waals surface area (Å²) in [4.78, 5) is 0. The minimum Gasteiger partial charge on any atom is -0.369 e. The van der Waals surface area contributed by atoms with Crippen molar-refractivity contribution in [3.05, 3.63) is 0 Å². The third-order valence-corrected chi connectivity index (χ3v) is 4.60. The lowest BCUT2D eigenvalue weighted by Gasteiger charge is -2.37. The third-order valence-electron chi connectivity index (χ3n) is 4.60. The van der Waals surface area contributed by atoms with Gasteiger partial charge in [0, 0.05) is 12.0 Å². The molecule has 0 spiro atoms. The molecule has 1 rings (SSSR count). The lowest BCUT2D eigenvalue weighted by Crippen LogP contribution is -2.51. The van der Waals surface area contributed by atoms with Crippen LogP contribution in [-0.2, 0) is 4.74 Å². The van der Waals surface area contributed by atoms with E-state index in [1.54, 1.807) is 0 Å². The number of hydrazine groups is 1. The van der Waals surface area contributed by atoms with Crippen molar-refractivity contribution in [2.75, 3.05) is 0 Å². The largest absolute Gasteiger partial charge is 0.369 e. The molecule has 0 aromatic heterocycles. The number of rotatable bonds is 7. The molecule has 3 heteroatoms. The van der Waals surface area contributed by atoms with Gasteiger partial charge >= 0.3 is 0 Å². The van der Waals surface area contributed by atoms with Crippen LogP contribution in [0.25, 0.3) is 0 Å². The Morgan fingerprint density at radius 2 is 1.68 bits per heavy atom. The second-order valence-corrected chi connectivity index (χ2v) is 7.31. The molecule has 19 heavy (non-hydrogen) atoms. The van der Waals surface area contributed by atoms with Crippen LogP contribution < -0.4 is 11.3 Å². The number of hydrogen-bond acceptors (Lipinski definition) is 3. The van der Waals surface area contributed by atoms with Crippen LogP contribution in [0.5, 0.6) is 0 Å². The van der Waals surface area contributed by atoms with Crippen LogP contribution in [-0.4, -0.2) is 17.2 Å². The Balaban J connectivity index is 2.88. The molecular formula is C16H34N2O. The molecule has 1 saturated heterocycles. The van der Waals surface area contributed by atoms with Gasteiger partial charge in [0.25, 0.3) is 0 Å². The summed E-state index contributed by atoms with van der Waals surface area (Å²) in [6.45, 7) is 13.3. The fourth-order valence-corrected chi connectivity index (χ4v) is 3.99. The van der Waals surface area contributed by atoms with Crippen molar-refractivity contribution in [1.82, 2.24) is 5.43 Å². The monoisotopic (exact) mass is 270 g/mol. The zero-order chi connectivity index (χ0) is 14.7. The van der Waals surface area contributed by atoms with E-state index in [1.807, 2.05) is 0 Å². The van der Waals surface area contributed by atoms with Crippen molar-refractivity contribution >= 4 is 0 Å². The van der Waals surface area contributed by atoms with Crippen molar-refractivity contribution in [3.8, 4) is 0 Å². The molecule has 1 aliphatic heterocycles. The van der Waals surface area contributed by atoms with Gasteiger partial charge in [0.05, 0.1) is 11.2 Å². The fraction of sp³-hybridized carbons (Fsp3) is 1.00. The molecule has 0 aliphatic carbocycles. The molecule has 2 atom stereocenters. The average molecular weight is 270 g/mol. The highest BCUT2D eigenvalue weighted by Crippen LogP contribution is 2.45. The molecule has 0 bridgehead atoms. The van der Waals surface area contributed by atoms with Gasteiger partial charge in [0.15, 0.2) is 0 Å². The third kappa shape index (κ3) is 4.17. The van der Waals surface area contributed by atoms with Gasteiger partial charge in [-0.3, -0.25) is 11.3 Å². The Kier molecular flexibility index (Phi) is 5.84. The van der Waals surface area contributed by atoms with Crippen molar-refractivity contribution in [1.29, 1.82) is 0 Å². The number of hydrogen-bond donors (Lipinski definition) is 2. The van der Waals surface area contributed by atoms with Crippen LogP contribution in [0.4, 0.5) is 0 Å². The molecule has 114 valence electrons. The van der Waals surface area contributed by atoms with Gasteiger partial charge in [0.2, 0.25) is 0 Å². The zero-order valence-electron chi connectivity index (χ0n) is 13.8. The predicted molar refractivity (Wildman–Crippen MR) is 81.8 cm³/mol. The first-order valence-electron chi connectivity index (χ1n) is 7.93. The summed E-state index contributed by atoms with van der Waals surface area (Å²) in [6.07, 6.45) is 6.02. The Morgan fingerprint density at radius 1 is 1.16 bits per heavy atom. The minimum atomic E-state index is -0.0970. The summed E-state index contributed by atoms with van der Waals surface area (Å²) in [7, 11) is 0. The van der Waals surface area contributed by atoms with Gasteiger partial charge in [-0.2, -0.15) is 0 Å². The van der Waals surface area contributed by atoms with Crippen LogP contribution in [0.1, 0.15) is 73.6 Å². The molecule has 0 aromatic carbocycles. The van der Waals surface area contributed by atoms with Crippen molar-refractivity contribution in [3.63, 3.8) is 0 Å². The molecule has 0 amide bonds. The lowest BCUT2D eigenvalue weighted by atomic mass is 9.74. The smallest absolute Gasteiger partial charge is 0.0678 e. The maximum absolute atomic E-state index is 6.24. The molecule has 1 aliphatic rings. The van der Waals surface area contributed by atoms with Crippen LogP contribution in [0, 0.1) is 11.8 Å². The molecular weight excluding hydrogens is 236 g/mol. The molecule has 0 aromatic rings. The summed E-state index contributed by atoms with van der Waals surface area (Å²) in [6, 6.07) is 0.358. The molecule has 0 radical (unpaired) electrons. The number of ether oxygens (including phenoxy) is 1. The second-order valence-electron chi connectivity index (χ2n) is 7.31. The summed E-state index contributed by atoms with van der Waals surface area (Å²) in [5, 5.41) is 0. The summed E-state index contributed by atoms with van der Waals surface area (Å²) < 4.78 is 6.24. The topological polar surface area (TPSA) is 47.3 Å². The van der Waals surface area contributed by atoms with Gasteiger partial charge in [-0.25, -0.2) is 0 Å². The lowest BCUT2D eigenvalue weighted by molar-refractivity contribution is -0.0799. The van der Waals surface area contributed by atoms with Crippen LogP contribution in [0.3, 0.4) is 0 Å².